The molecular formula is C26H42N4O4. The summed E-state index contributed by atoms with van der Waals surface area (Å²) < 4.78 is 11.0. The number of nitrogens with two attached hydrogens (primary N) is 1. The van der Waals surface area contributed by atoms with E-state index in [2.05, 4.69) is 17.2 Å². The third-order valence-corrected chi connectivity index (χ3v) is 5.58. The number of para-hydroxylation sites is 1. The molecule has 0 fully saturated rings. The molecule has 0 spiro atoms. The minimum atomic E-state index is -1.44. The van der Waals surface area contributed by atoms with Crippen molar-refractivity contribution in [2.45, 2.75) is 91.0 Å². The fourth-order valence-electron chi connectivity index (χ4n) is 3.80. The molecule has 190 valence electrons. The highest BCUT2D eigenvalue weighted by atomic mass is 16.6. The number of nitrogens with one attached hydrogen (secondary N) is 2. The lowest BCUT2D eigenvalue weighted by Gasteiger charge is -2.41. The molecule has 2 aromatic rings. The molecule has 8 heteroatoms. The Hall–Kier alpha value is -2.74. The maximum Gasteiger partial charge on any atom is 0.412 e. The van der Waals surface area contributed by atoms with Gasteiger partial charge in [0, 0.05) is 30.1 Å². The van der Waals surface area contributed by atoms with Gasteiger partial charge < -0.3 is 14.5 Å². The van der Waals surface area contributed by atoms with Crippen molar-refractivity contribution in [3.8, 4) is 0 Å². The summed E-state index contributed by atoms with van der Waals surface area (Å²) in [6.07, 6.45) is 6.00. The average molecular weight is 475 g/mol. The van der Waals surface area contributed by atoms with Crippen molar-refractivity contribution in [3.63, 3.8) is 0 Å². The van der Waals surface area contributed by atoms with Crippen LogP contribution in [0.15, 0.2) is 30.5 Å². The van der Waals surface area contributed by atoms with Crippen molar-refractivity contribution in [2.75, 3.05) is 13.2 Å². The quantitative estimate of drug-likeness (QED) is 0.271. The first-order valence-electron chi connectivity index (χ1n) is 12.4. The van der Waals surface area contributed by atoms with Crippen LogP contribution in [-0.2, 0) is 15.9 Å². The number of benzene rings is 1. The molecule has 0 saturated heterocycles. The normalized spacial score (nSPS) is 13.4. The van der Waals surface area contributed by atoms with Crippen molar-refractivity contribution in [1.82, 2.24) is 15.2 Å². The number of hydrogen-bond donors (Lipinski definition) is 3. The number of aromatic nitrogens is 1. The van der Waals surface area contributed by atoms with Gasteiger partial charge in [0.15, 0.2) is 5.79 Å². The molecule has 4 N–H and O–H groups in total. The number of carbonyl (C=O) groups excluding carboxylic acids is 2. The summed E-state index contributed by atoms with van der Waals surface area (Å²) in [5, 5.41) is 3.87. The van der Waals surface area contributed by atoms with E-state index in [1.165, 1.54) is 4.90 Å². The molecule has 34 heavy (non-hydrogen) atoms. The zero-order valence-corrected chi connectivity index (χ0v) is 21.4. The lowest BCUT2D eigenvalue weighted by Crippen LogP contribution is -2.69. The van der Waals surface area contributed by atoms with Crippen LogP contribution in [0.4, 0.5) is 9.59 Å². The monoisotopic (exact) mass is 474 g/mol. The number of amides is 2. The topological polar surface area (TPSA) is 110 Å². The Bertz CT molecular complexity index is 921. The Balaban J connectivity index is 2.30. The Labute approximate surface area is 203 Å². The summed E-state index contributed by atoms with van der Waals surface area (Å²) in [6, 6.07) is 8.01. The molecular weight excluding hydrogens is 432 g/mol. The van der Waals surface area contributed by atoms with E-state index in [0.29, 0.717) is 19.4 Å². The summed E-state index contributed by atoms with van der Waals surface area (Å²) in [5.41, 5.74) is 8.17. The van der Waals surface area contributed by atoms with Crippen LogP contribution >= 0.6 is 0 Å². The van der Waals surface area contributed by atoms with Crippen molar-refractivity contribution >= 4 is 23.1 Å². The second kappa shape index (κ2) is 12.6. The van der Waals surface area contributed by atoms with Crippen molar-refractivity contribution in [1.29, 1.82) is 0 Å². The highest BCUT2D eigenvalue weighted by Gasteiger charge is 2.39. The standard InChI is InChI=1S/C26H42N4O4/c1-6-8-12-16-26(27,29-23(31)34-25(3,4)5)30(24(32)33-18-9-7-2)17-15-20-19-28-22-14-11-10-13-21(20)22/h10-11,13-14,19,28H,6-9,12,15-18,27H2,1-5H3,(H,29,31)/t26-/m0/s1. The van der Waals surface area contributed by atoms with Gasteiger partial charge in [-0.05, 0) is 51.7 Å². The number of ether oxygens (including phenoxy) is 2. The number of alkyl carbamates (subject to hydrolysis) is 1. The number of aromatic amines is 1. The molecule has 0 radical (unpaired) electrons. The first kappa shape index (κ1) is 27.5. The predicted molar refractivity (Wildman–Crippen MR) is 135 cm³/mol. The maximum atomic E-state index is 13.2. The van der Waals surface area contributed by atoms with Gasteiger partial charge in [-0.3, -0.25) is 16.0 Å². The van der Waals surface area contributed by atoms with Crippen LogP contribution in [0, 0.1) is 0 Å². The summed E-state index contributed by atoms with van der Waals surface area (Å²) in [4.78, 5) is 30.6. The van der Waals surface area contributed by atoms with E-state index >= 15 is 0 Å². The molecule has 0 bridgehead atoms. The average Bonchev–Trinajstić information content (AvgIpc) is 3.16. The summed E-state index contributed by atoms with van der Waals surface area (Å²) in [5.74, 6) is -1.44. The van der Waals surface area contributed by atoms with Gasteiger partial charge in [0.2, 0.25) is 0 Å². The Morgan fingerprint density at radius 2 is 1.79 bits per heavy atom. The van der Waals surface area contributed by atoms with Crippen LogP contribution in [0.2, 0.25) is 0 Å². The molecule has 0 unspecified atom stereocenters. The summed E-state index contributed by atoms with van der Waals surface area (Å²) >= 11 is 0. The molecule has 0 aliphatic heterocycles. The predicted octanol–water partition coefficient (Wildman–Crippen LogP) is 5.67. The van der Waals surface area contributed by atoms with Gasteiger partial charge in [-0.2, -0.15) is 0 Å². The number of carbonyl (C=O) groups is 2. The number of H-pyrrole nitrogens is 1. The number of nitrogens with zero attached hydrogens (tertiary/aromatic N) is 1. The first-order valence-corrected chi connectivity index (χ1v) is 12.4. The van der Waals surface area contributed by atoms with Gasteiger partial charge in [0.25, 0.3) is 0 Å². The zero-order valence-electron chi connectivity index (χ0n) is 21.4. The second-order valence-corrected chi connectivity index (χ2v) is 9.74. The fraction of sp³-hybridized carbons (Fsp3) is 0.615. The van der Waals surface area contributed by atoms with Crippen LogP contribution in [0.1, 0.15) is 78.7 Å². The van der Waals surface area contributed by atoms with E-state index in [0.717, 1.165) is 48.6 Å². The molecule has 0 aliphatic carbocycles. The van der Waals surface area contributed by atoms with Gasteiger partial charge in [-0.25, -0.2) is 9.59 Å². The first-order chi connectivity index (χ1) is 16.1. The van der Waals surface area contributed by atoms with Gasteiger partial charge in [-0.15, -0.1) is 0 Å². The number of unbranched alkanes of at least 4 members (excludes halogenated alkanes) is 3. The van der Waals surface area contributed by atoms with Gasteiger partial charge in [0.1, 0.15) is 5.60 Å². The van der Waals surface area contributed by atoms with Gasteiger partial charge in [0.05, 0.1) is 6.61 Å². The van der Waals surface area contributed by atoms with E-state index in [9.17, 15) is 9.59 Å². The number of fused-ring (bicyclic) bond motifs is 1. The molecule has 0 saturated carbocycles. The lowest BCUT2D eigenvalue weighted by molar-refractivity contribution is 0.00782. The zero-order chi connectivity index (χ0) is 25.2. The molecule has 0 aliphatic rings. The van der Waals surface area contributed by atoms with E-state index in [-0.39, 0.29) is 6.54 Å². The Morgan fingerprint density at radius 1 is 1.09 bits per heavy atom. The third kappa shape index (κ3) is 8.24. The highest BCUT2D eigenvalue weighted by Crippen LogP contribution is 2.22. The van der Waals surface area contributed by atoms with Gasteiger partial charge in [-0.1, -0.05) is 51.3 Å². The molecule has 8 nitrogen and oxygen atoms in total. The number of rotatable bonds is 12. The molecule has 2 rings (SSSR count). The van der Waals surface area contributed by atoms with E-state index in [1.54, 1.807) is 20.8 Å². The SMILES string of the molecule is CCCCC[C@](N)(NC(=O)OC(C)(C)C)N(CCc1c[nH]c2ccccc12)C(=O)OCCCC. The van der Waals surface area contributed by atoms with Crippen LogP contribution < -0.4 is 11.1 Å². The van der Waals surface area contributed by atoms with E-state index < -0.39 is 23.6 Å². The van der Waals surface area contributed by atoms with Crippen LogP contribution in [0.5, 0.6) is 0 Å². The minimum Gasteiger partial charge on any atom is -0.449 e. The second-order valence-electron chi connectivity index (χ2n) is 9.74. The van der Waals surface area contributed by atoms with Crippen molar-refractivity contribution in [3.05, 3.63) is 36.0 Å². The summed E-state index contributed by atoms with van der Waals surface area (Å²) in [7, 11) is 0. The van der Waals surface area contributed by atoms with Crippen molar-refractivity contribution in [2.24, 2.45) is 5.73 Å². The molecule has 1 atom stereocenters. The highest BCUT2D eigenvalue weighted by molar-refractivity contribution is 5.83. The molecule has 1 aromatic heterocycles. The van der Waals surface area contributed by atoms with Crippen LogP contribution in [0.25, 0.3) is 10.9 Å². The molecule has 2 amide bonds. The van der Waals surface area contributed by atoms with E-state index in [1.807, 2.05) is 37.4 Å². The van der Waals surface area contributed by atoms with Crippen molar-refractivity contribution < 1.29 is 19.1 Å². The third-order valence-electron chi connectivity index (χ3n) is 5.58. The summed E-state index contributed by atoms with van der Waals surface area (Å²) in [6.45, 7) is 10.1. The lowest BCUT2D eigenvalue weighted by atomic mass is 10.1. The Kier molecular flexibility index (Phi) is 10.2. The maximum absolute atomic E-state index is 13.2. The molecule has 1 aromatic carbocycles. The van der Waals surface area contributed by atoms with Gasteiger partial charge >= 0.3 is 12.2 Å². The van der Waals surface area contributed by atoms with Crippen LogP contribution in [0.3, 0.4) is 0 Å². The smallest absolute Gasteiger partial charge is 0.412 e. The minimum absolute atomic E-state index is 0.283. The fourth-order valence-corrected chi connectivity index (χ4v) is 3.80. The van der Waals surface area contributed by atoms with Crippen LogP contribution in [-0.4, -0.2) is 46.6 Å². The number of hydrogen-bond acceptors (Lipinski definition) is 5. The molecule has 1 heterocycles. The Morgan fingerprint density at radius 3 is 2.47 bits per heavy atom. The largest absolute Gasteiger partial charge is 0.449 e. The van der Waals surface area contributed by atoms with E-state index in [4.69, 9.17) is 15.2 Å².